The summed E-state index contributed by atoms with van der Waals surface area (Å²) in [5, 5.41) is 32.8. The van der Waals surface area contributed by atoms with E-state index in [2.05, 4.69) is 16.0 Å². The van der Waals surface area contributed by atoms with Gasteiger partial charge in [-0.3, -0.25) is 25.2 Å². The number of nitrogen functional groups attached to an aromatic ring is 1. The molecule has 286 valence electrons. The largest absolute Gasteiger partial charge is 0.490 e. The van der Waals surface area contributed by atoms with Crippen molar-refractivity contribution < 1.29 is 37.5 Å². The number of amides is 3. The second kappa shape index (κ2) is 19.8. The highest BCUT2D eigenvalue weighted by Crippen LogP contribution is 2.29. The Balaban J connectivity index is 0.000000980. The molecule has 13 nitrogen and oxygen atoms in total. The summed E-state index contributed by atoms with van der Waals surface area (Å²) in [5.74, 6) is -4.70. The van der Waals surface area contributed by atoms with Gasteiger partial charge in [0.15, 0.2) is 5.96 Å². The van der Waals surface area contributed by atoms with Gasteiger partial charge in [-0.25, -0.2) is 4.79 Å². The van der Waals surface area contributed by atoms with Gasteiger partial charge in [0.05, 0.1) is 5.92 Å². The number of carbonyl (C=O) groups excluding carboxylic acids is 3. The Hall–Kier alpha value is -5.67. The summed E-state index contributed by atoms with van der Waals surface area (Å²) in [4.78, 5) is 49.2. The lowest BCUT2D eigenvalue weighted by Gasteiger charge is -2.29. The molecule has 3 aromatic carbocycles. The van der Waals surface area contributed by atoms with Crippen molar-refractivity contribution in [2.24, 2.45) is 23.1 Å². The lowest BCUT2D eigenvalue weighted by molar-refractivity contribution is -0.192. The summed E-state index contributed by atoms with van der Waals surface area (Å²) < 4.78 is 31.7. The summed E-state index contributed by atoms with van der Waals surface area (Å²) >= 11 is 0. The van der Waals surface area contributed by atoms with Crippen LogP contribution in [-0.4, -0.2) is 65.4 Å². The number of nitrogens with two attached hydrogens (primary N) is 3. The first kappa shape index (κ1) is 41.7. The van der Waals surface area contributed by atoms with Gasteiger partial charge in [0.1, 0.15) is 17.9 Å². The molecule has 4 rings (SSSR count). The van der Waals surface area contributed by atoms with Crippen LogP contribution in [0.25, 0.3) is 10.8 Å². The highest BCUT2D eigenvalue weighted by Gasteiger charge is 2.38. The number of alkyl halides is 3. The average molecular weight is 741 g/mol. The van der Waals surface area contributed by atoms with Gasteiger partial charge in [0.25, 0.3) is 0 Å². The summed E-state index contributed by atoms with van der Waals surface area (Å²) in [7, 11) is 0. The van der Waals surface area contributed by atoms with Crippen LogP contribution in [0.2, 0.25) is 0 Å². The first-order valence-electron chi connectivity index (χ1n) is 17.2. The monoisotopic (exact) mass is 740 g/mol. The van der Waals surface area contributed by atoms with E-state index in [1.54, 1.807) is 12.1 Å². The van der Waals surface area contributed by atoms with Crippen LogP contribution in [0.15, 0.2) is 66.7 Å². The number of aliphatic carboxylic acids is 1. The van der Waals surface area contributed by atoms with Gasteiger partial charge in [-0.15, -0.1) is 0 Å². The number of guanidine groups is 1. The van der Waals surface area contributed by atoms with Gasteiger partial charge in [-0.1, -0.05) is 98.8 Å². The lowest BCUT2D eigenvalue weighted by atomic mass is 9.84. The predicted octanol–water partition coefficient (Wildman–Crippen LogP) is 3.77. The SMILES string of the molecule is N=C(N)NCCC[C@H](NC(=O)[C@H](CC1CCCCC1)NC(=O)[C@H](Cc1ccc(C(=N)N)cc1)c1ccc2ccccc2c1)C(N)=O.O=C(O)C(F)(F)F. The molecule has 0 bridgehead atoms. The third kappa shape index (κ3) is 13.8. The molecule has 3 aromatic rings. The van der Waals surface area contributed by atoms with Gasteiger partial charge in [-0.2, -0.15) is 13.2 Å². The molecule has 0 aliphatic heterocycles. The Kier molecular flexibility index (Phi) is 15.6. The fourth-order valence-electron chi connectivity index (χ4n) is 6.19. The van der Waals surface area contributed by atoms with E-state index >= 15 is 0 Å². The first-order chi connectivity index (χ1) is 25.0. The molecule has 53 heavy (non-hydrogen) atoms. The number of hydrogen-bond acceptors (Lipinski definition) is 6. The quantitative estimate of drug-likeness (QED) is 0.0629. The predicted molar refractivity (Wildman–Crippen MR) is 195 cm³/mol. The second-order valence-corrected chi connectivity index (χ2v) is 13.0. The Morgan fingerprint density at radius 3 is 2.00 bits per heavy atom. The standard InChI is InChI=1S/C35H46N8O3.C2HF3O2/c36-31(37)25-14-12-23(13-15-25)19-28(27-17-16-24-9-4-5-10-26(24)21-27)33(45)43-30(20-22-7-2-1-3-8-22)34(46)42-29(32(38)44)11-6-18-41-35(39)40;3-2(4,5)1(6)7/h4-5,9-10,12-17,21-22,28-30H,1-3,6-8,11,18-20H2,(H3,36,37)(H2,38,44)(H,42,46)(H,43,45)(H4,39,40,41);(H,6,7)/t28-,29+,30+;/m1./s1. The van der Waals surface area contributed by atoms with Gasteiger partial charge in [0, 0.05) is 12.1 Å². The fraction of sp³-hybridized carbons (Fsp3) is 0.405. The van der Waals surface area contributed by atoms with E-state index in [1.165, 1.54) is 0 Å². The highest BCUT2D eigenvalue weighted by atomic mass is 19.4. The van der Waals surface area contributed by atoms with Gasteiger partial charge in [0.2, 0.25) is 17.7 Å². The Bertz CT molecular complexity index is 1750. The van der Waals surface area contributed by atoms with E-state index in [0.29, 0.717) is 31.4 Å². The van der Waals surface area contributed by atoms with E-state index in [4.69, 9.17) is 37.9 Å². The number of nitrogens with one attached hydrogen (secondary N) is 5. The maximum Gasteiger partial charge on any atom is 0.490 e. The number of benzene rings is 3. The fourth-order valence-corrected chi connectivity index (χ4v) is 6.19. The van der Waals surface area contributed by atoms with E-state index < -0.39 is 42.0 Å². The topological polar surface area (TPSA) is 250 Å². The molecule has 3 amide bonds. The zero-order valence-corrected chi connectivity index (χ0v) is 29.2. The smallest absolute Gasteiger partial charge is 0.475 e. The number of rotatable bonds is 15. The van der Waals surface area contributed by atoms with Crippen molar-refractivity contribution in [3.8, 4) is 0 Å². The van der Waals surface area contributed by atoms with Crippen LogP contribution in [0.3, 0.4) is 0 Å². The van der Waals surface area contributed by atoms with Crippen molar-refractivity contribution >= 4 is 46.3 Å². The molecule has 0 spiro atoms. The summed E-state index contributed by atoms with van der Waals surface area (Å²) in [6, 6.07) is 19.4. The van der Waals surface area contributed by atoms with Crippen molar-refractivity contribution in [1.29, 1.82) is 10.8 Å². The van der Waals surface area contributed by atoms with E-state index in [-0.39, 0.29) is 30.0 Å². The molecule has 0 unspecified atom stereocenters. The van der Waals surface area contributed by atoms with Crippen molar-refractivity contribution in [2.45, 2.75) is 82.0 Å². The molecular formula is C37H47F3N8O5. The third-order valence-electron chi connectivity index (χ3n) is 9.01. The number of carboxylic acids is 1. The second-order valence-electron chi connectivity index (χ2n) is 13.0. The number of carbonyl (C=O) groups is 4. The van der Waals surface area contributed by atoms with Crippen molar-refractivity contribution in [3.05, 3.63) is 83.4 Å². The molecule has 1 aliphatic carbocycles. The minimum absolute atomic E-state index is 0.0312. The zero-order chi connectivity index (χ0) is 39.1. The first-order valence-corrected chi connectivity index (χ1v) is 17.2. The Morgan fingerprint density at radius 2 is 1.43 bits per heavy atom. The Labute approximate surface area is 305 Å². The van der Waals surface area contributed by atoms with E-state index in [1.807, 2.05) is 54.6 Å². The molecule has 0 aromatic heterocycles. The van der Waals surface area contributed by atoms with Crippen molar-refractivity contribution in [1.82, 2.24) is 16.0 Å². The normalized spacial score (nSPS) is 14.8. The molecule has 0 saturated heterocycles. The van der Waals surface area contributed by atoms with Crippen LogP contribution in [0, 0.1) is 16.7 Å². The van der Waals surface area contributed by atoms with Crippen molar-refractivity contribution in [3.63, 3.8) is 0 Å². The lowest BCUT2D eigenvalue weighted by Crippen LogP contribution is -2.54. The number of fused-ring (bicyclic) bond motifs is 1. The van der Waals surface area contributed by atoms with E-state index in [0.717, 1.165) is 54.0 Å². The number of halogens is 3. The molecule has 1 fully saturated rings. The molecular weight excluding hydrogens is 693 g/mol. The number of primary amides is 1. The molecule has 1 aliphatic rings. The average Bonchev–Trinajstić information content (AvgIpc) is 3.11. The molecule has 16 heteroatoms. The molecule has 0 heterocycles. The van der Waals surface area contributed by atoms with Gasteiger partial charge >= 0.3 is 12.1 Å². The minimum Gasteiger partial charge on any atom is -0.475 e. The van der Waals surface area contributed by atoms with Crippen molar-refractivity contribution in [2.75, 3.05) is 6.54 Å². The number of amidine groups is 1. The molecule has 3 atom stereocenters. The highest BCUT2D eigenvalue weighted by molar-refractivity contribution is 5.95. The zero-order valence-electron chi connectivity index (χ0n) is 29.2. The summed E-state index contributed by atoms with van der Waals surface area (Å²) in [6.07, 6.45) is 1.75. The third-order valence-corrected chi connectivity index (χ3v) is 9.01. The van der Waals surface area contributed by atoms with Gasteiger partial charge < -0.3 is 38.3 Å². The molecule has 0 radical (unpaired) electrons. The number of carboxylic acid groups (broad SMARTS) is 1. The van der Waals surface area contributed by atoms with Crippen LogP contribution >= 0.6 is 0 Å². The van der Waals surface area contributed by atoms with Crippen LogP contribution in [0.5, 0.6) is 0 Å². The number of hydrogen-bond donors (Lipinski definition) is 9. The van der Waals surface area contributed by atoms with Crippen LogP contribution in [0.4, 0.5) is 13.2 Å². The molecule has 12 N–H and O–H groups in total. The van der Waals surface area contributed by atoms with E-state index in [9.17, 15) is 27.6 Å². The Morgan fingerprint density at radius 1 is 0.830 bits per heavy atom. The van der Waals surface area contributed by atoms with Crippen LogP contribution < -0.4 is 33.2 Å². The van der Waals surface area contributed by atoms with Gasteiger partial charge in [-0.05, 0) is 53.5 Å². The van der Waals surface area contributed by atoms with Crippen LogP contribution in [0.1, 0.15) is 74.0 Å². The maximum atomic E-state index is 14.2. The summed E-state index contributed by atoms with van der Waals surface area (Å²) in [5.41, 5.74) is 18.9. The minimum atomic E-state index is -5.08. The van der Waals surface area contributed by atoms with Crippen LogP contribution in [-0.2, 0) is 25.6 Å². The maximum absolute atomic E-state index is 14.2. The summed E-state index contributed by atoms with van der Waals surface area (Å²) in [6.45, 7) is 0.359. The molecule has 1 saturated carbocycles.